The second kappa shape index (κ2) is 10.1. The van der Waals surface area contributed by atoms with E-state index in [0.717, 1.165) is 45.2 Å². The highest BCUT2D eigenvalue weighted by Crippen LogP contribution is 2.42. The molecule has 1 heterocycles. The Morgan fingerprint density at radius 1 is 0.452 bits per heavy atom. The molecule has 3 heteroatoms. The lowest BCUT2D eigenvalue weighted by molar-refractivity contribution is 1.10. The van der Waals surface area contributed by atoms with Crippen molar-refractivity contribution >= 4 is 49.6 Å². The van der Waals surface area contributed by atoms with Crippen LogP contribution in [0, 0.1) is 0 Å². The van der Waals surface area contributed by atoms with Crippen LogP contribution in [0.2, 0.25) is 0 Å². The number of para-hydroxylation sites is 3. The van der Waals surface area contributed by atoms with Crippen molar-refractivity contribution in [1.82, 2.24) is 9.55 Å². The Hall–Kier alpha value is -5.67. The van der Waals surface area contributed by atoms with E-state index in [1.54, 1.807) is 0 Å². The maximum atomic E-state index is 5.08. The second-order valence-electron chi connectivity index (χ2n) is 10.5. The zero-order valence-electron chi connectivity index (χ0n) is 22.9. The number of fused-ring (bicyclic) bond motifs is 3. The van der Waals surface area contributed by atoms with Crippen LogP contribution in [0.5, 0.6) is 0 Å². The van der Waals surface area contributed by atoms with Crippen molar-refractivity contribution < 1.29 is 0 Å². The van der Waals surface area contributed by atoms with E-state index in [1.165, 1.54) is 21.5 Å². The Labute approximate surface area is 244 Å². The number of imidazole rings is 1. The maximum Gasteiger partial charge on any atom is 0.145 e. The maximum absolute atomic E-state index is 5.08. The highest BCUT2D eigenvalue weighted by Gasteiger charge is 2.19. The predicted octanol–water partition coefficient (Wildman–Crippen LogP) is 10.5. The molecule has 0 saturated heterocycles. The quantitative estimate of drug-likeness (QED) is 0.218. The molecule has 0 aliphatic rings. The molecular formula is C39H27N3. The molecule has 0 atom stereocenters. The SMILES string of the molecule is c1ccc(-n2c(-c3ccc(N(c4cccc5ccccc45)c4cccc5ccccc45)cc3)nc3ccccc32)cc1. The summed E-state index contributed by atoms with van der Waals surface area (Å²) in [7, 11) is 0. The minimum atomic E-state index is 0.927. The number of nitrogens with zero attached hydrogens (tertiary/aromatic N) is 3. The Bertz CT molecular complexity index is 2100. The third kappa shape index (κ3) is 4.03. The minimum Gasteiger partial charge on any atom is -0.309 e. The lowest BCUT2D eigenvalue weighted by atomic mass is 10.0. The van der Waals surface area contributed by atoms with Gasteiger partial charge < -0.3 is 4.90 Å². The predicted molar refractivity (Wildman–Crippen MR) is 176 cm³/mol. The molecule has 0 spiro atoms. The molecular weight excluding hydrogens is 510 g/mol. The van der Waals surface area contributed by atoms with Crippen LogP contribution in [0.1, 0.15) is 0 Å². The molecule has 3 nitrogen and oxygen atoms in total. The topological polar surface area (TPSA) is 21.1 Å². The summed E-state index contributed by atoms with van der Waals surface area (Å²) in [6.45, 7) is 0. The van der Waals surface area contributed by atoms with Crippen molar-refractivity contribution in [3.63, 3.8) is 0 Å². The molecule has 7 aromatic carbocycles. The standard InChI is InChI=1S/C39H27N3/c1-2-16-31(17-3-1)42-38-21-9-8-20-35(38)40-39(42)30-24-26-32(27-25-30)41(36-22-10-14-28-12-4-6-18-33(28)36)37-23-11-15-29-13-5-7-19-34(29)37/h1-27H. The molecule has 0 fully saturated rings. The van der Waals surface area contributed by atoms with Crippen molar-refractivity contribution in [3.8, 4) is 17.1 Å². The van der Waals surface area contributed by atoms with Crippen molar-refractivity contribution in [2.24, 2.45) is 0 Å². The van der Waals surface area contributed by atoms with Crippen LogP contribution in [0.3, 0.4) is 0 Å². The third-order valence-corrected chi connectivity index (χ3v) is 7.97. The lowest BCUT2D eigenvalue weighted by Gasteiger charge is -2.28. The van der Waals surface area contributed by atoms with Gasteiger partial charge in [-0.1, -0.05) is 103 Å². The highest BCUT2D eigenvalue weighted by molar-refractivity contribution is 6.04. The summed E-state index contributed by atoms with van der Waals surface area (Å²) >= 11 is 0. The van der Waals surface area contributed by atoms with Gasteiger partial charge in [0.1, 0.15) is 5.82 Å². The molecule has 198 valence electrons. The largest absolute Gasteiger partial charge is 0.309 e. The Balaban J connectivity index is 1.33. The molecule has 0 radical (unpaired) electrons. The number of hydrogen-bond acceptors (Lipinski definition) is 2. The summed E-state index contributed by atoms with van der Waals surface area (Å²) < 4.78 is 2.25. The van der Waals surface area contributed by atoms with E-state index in [0.29, 0.717) is 0 Å². The van der Waals surface area contributed by atoms with Gasteiger partial charge in [-0.05, 0) is 71.4 Å². The molecule has 0 unspecified atom stereocenters. The molecule has 0 aliphatic carbocycles. The van der Waals surface area contributed by atoms with Gasteiger partial charge in [0, 0.05) is 27.7 Å². The first-order chi connectivity index (χ1) is 20.8. The van der Waals surface area contributed by atoms with E-state index in [1.807, 2.05) is 12.1 Å². The fourth-order valence-corrected chi connectivity index (χ4v) is 6.03. The molecule has 0 saturated carbocycles. The summed E-state index contributed by atoms with van der Waals surface area (Å²) in [5.41, 5.74) is 7.62. The minimum absolute atomic E-state index is 0.927. The Kier molecular flexibility index (Phi) is 5.79. The number of benzene rings is 7. The van der Waals surface area contributed by atoms with Gasteiger partial charge in [0.2, 0.25) is 0 Å². The average molecular weight is 538 g/mol. The summed E-state index contributed by atoms with van der Waals surface area (Å²) in [6, 6.07) is 57.9. The number of aromatic nitrogens is 2. The van der Waals surface area contributed by atoms with Gasteiger partial charge in [0.15, 0.2) is 0 Å². The van der Waals surface area contributed by atoms with E-state index in [9.17, 15) is 0 Å². The molecule has 0 bridgehead atoms. The van der Waals surface area contributed by atoms with Crippen molar-refractivity contribution in [3.05, 3.63) is 164 Å². The lowest BCUT2D eigenvalue weighted by Crippen LogP contribution is -2.11. The average Bonchev–Trinajstić information content (AvgIpc) is 3.46. The normalized spacial score (nSPS) is 11.3. The van der Waals surface area contributed by atoms with E-state index in [4.69, 9.17) is 4.98 Å². The van der Waals surface area contributed by atoms with Gasteiger partial charge in [-0.3, -0.25) is 4.57 Å². The van der Waals surface area contributed by atoms with Gasteiger partial charge in [0.25, 0.3) is 0 Å². The van der Waals surface area contributed by atoms with Gasteiger partial charge in [-0.2, -0.15) is 0 Å². The van der Waals surface area contributed by atoms with E-state index < -0.39 is 0 Å². The van der Waals surface area contributed by atoms with Crippen LogP contribution < -0.4 is 4.90 Å². The molecule has 0 N–H and O–H groups in total. The fourth-order valence-electron chi connectivity index (χ4n) is 6.03. The van der Waals surface area contributed by atoms with Crippen LogP contribution in [0.25, 0.3) is 49.7 Å². The van der Waals surface area contributed by atoms with Gasteiger partial charge >= 0.3 is 0 Å². The number of rotatable bonds is 5. The van der Waals surface area contributed by atoms with Crippen molar-refractivity contribution in [2.75, 3.05) is 4.90 Å². The fraction of sp³-hybridized carbons (Fsp3) is 0. The Morgan fingerprint density at radius 3 is 1.67 bits per heavy atom. The van der Waals surface area contributed by atoms with Gasteiger partial charge in [-0.15, -0.1) is 0 Å². The van der Waals surface area contributed by atoms with E-state index >= 15 is 0 Å². The number of anilines is 3. The smallest absolute Gasteiger partial charge is 0.145 e. The first-order valence-corrected chi connectivity index (χ1v) is 14.2. The van der Waals surface area contributed by atoms with Gasteiger partial charge in [0.05, 0.1) is 22.4 Å². The zero-order valence-corrected chi connectivity index (χ0v) is 22.9. The van der Waals surface area contributed by atoms with E-state index in [-0.39, 0.29) is 0 Å². The Morgan fingerprint density at radius 2 is 1.00 bits per heavy atom. The highest BCUT2D eigenvalue weighted by atomic mass is 15.1. The van der Waals surface area contributed by atoms with Crippen LogP contribution in [0.15, 0.2) is 164 Å². The van der Waals surface area contributed by atoms with Crippen molar-refractivity contribution in [1.29, 1.82) is 0 Å². The molecule has 8 aromatic rings. The molecule has 0 amide bonds. The summed E-state index contributed by atoms with van der Waals surface area (Å²) in [4.78, 5) is 7.46. The van der Waals surface area contributed by atoms with Crippen LogP contribution in [0.4, 0.5) is 17.1 Å². The third-order valence-electron chi connectivity index (χ3n) is 7.97. The first kappa shape index (κ1) is 24.2. The zero-order chi connectivity index (χ0) is 27.9. The molecule has 8 rings (SSSR count). The summed E-state index contributed by atoms with van der Waals surface area (Å²) in [5, 5.41) is 4.85. The molecule has 0 aliphatic heterocycles. The first-order valence-electron chi connectivity index (χ1n) is 14.2. The summed E-state index contributed by atoms with van der Waals surface area (Å²) in [6.07, 6.45) is 0. The van der Waals surface area contributed by atoms with Crippen LogP contribution >= 0.6 is 0 Å². The molecule has 42 heavy (non-hydrogen) atoms. The summed E-state index contributed by atoms with van der Waals surface area (Å²) in [5.74, 6) is 0.927. The number of hydrogen-bond donors (Lipinski definition) is 0. The van der Waals surface area contributed by atoms with Crippen molar-refractivity contribution in [2.45, 2.75) is 0 Å². The second-order valence-corrected chi connectivity index (χ2v) is 10.5. The monoisotopic (exact) mass is 537 g/mol. The molecule has 1 aromatic heterocycles. The van der Waals surface area contributed by atoms with Crippen LogP contribution in [-0.4, -0.2) is 9.55 Å². The van der Waals surface area contributed by atoms with Gasteiger partial charge in [-0.25, -0.2) is 4.98 Å². The van der Waals surface area contributed by atoms with Crippen LogP contribution in [-0.2, 0) is 0 Å². The van der Waals surface area contributed by atoms with E-state index in [2.05, 4.69) is 161 Å².